The summed E-state index contributed by atoms with van der Waals surface area (Å²) in [5.41, 5.74) is 11.4. The second-order valence-electron chi connectivity index (χ2n) is 16.3. The van der Waals surface area contributed by atoms with Gasteiger partial charge in [-0.05, 0) is 51.7 Å². The molecule has 2 amide bonds. The first-order chi connectivity index (χ1) is 26.1. The maximum absolute atomic E-state index is 13.4. The Morgan fingerprint density at radius 2 is 0.774 bits per heavy atom. The first-order valence-electron chi connectivity index (χ1n) is 23.8. The second-order valence-corrected chi connectivity index (χ2v) is 16.3. The van der Waals surface area contributed by atoms with Gasteiger partial charge in [-0.25, -0.2) is 0 Å². The van der Waals surface area contributed by atoms with Gasteiger partial charge in [-0.15, -0.1) is 0 Å². The summed E-state index contributed by atoms with van der Waals surface area (Å²) in [6.45, 7) is 8.09. The number of unbranched alkanes of at least 4 members (excludes halogenated alkanes) is 30. The quantitative estimate of drug-likeness (QED) is 0.0463. The molecule has 0 fully saturated rings. The van der Waals surface area contributed by atoms with E-state index in [1.807, 2.05) is 4.90 Å². The van der Waals surface area contributed by atoms with Crippen molar-refractivity contribution >= 4 is 11.8 Å². The molecule has 0 rings (SSSR count). The molecule has 7 heteroatoms. The van der Waals surface area contributed by atoms with Crippen molar-refractivity contribution in [2.75, 3.05) is 39.3 Å². The van der Waals surface area contributed by atoms with Crippen molar-refractivity contribution in [3.63, 3.8) is 0 Å². The Labute approximate surface area is 331 Å². The second kappa shape index (κ2) is 43.5. The lowest BCUT2D eigenvalue weighted by Crippen LogP contribution is -2.48. The molecular weight excluding hydrogens is 655 g/mol. The van der Waals surface area contributed by atoms with Crippen molar-refractivity contribution in [1.29, 1.82) is 0 Å². The van der Waals surface area contributed by atoms with E-state index in [2.05, 4.69) is 24.5 Å². The monoisotopic (exact) mass is 750 g/mol. The highest BCUT2D eigenvalue weighted by molar-refractivity contribution is 5.87. The Balaban J connectivity index is 4.36. The van der Waals surface area contributed by atoms with Gasteiger partial charge < -0.3 is 27.0 Å². The molecule has 7 nitrogen and oxygen atoms in total. The Hall–Kier alpha value is -1.18. The molecule has 0 aliphatic heterocycles. The summed E-state index contributed by atoms with van der Waals surface area (Å²) in [6, 6.07) is -0.327. The molecule has 53 heavy (non-hydrogen) atoms. The number of hydrogen-bond donors (Lipinski definition) is 4. The third kappa shape index (κ3) is 37.5. The predicted molar refractivity (Wildman–Crippen MR) is 232 cm³/mol. The van der Waals surface area contributed by atoms with Gasteiger partial charge in [0.25, 0.3) is 0 Å². The molecule has 0 aromatic rings. The lowest BCUT2D eigenvalue weighted by Gasteiger charge is -2.24. The van der Waals surface area contributed by atoms with Crippen LogP contribution in [-0.4, -0.2) is 62.0 Å². The first kappa shape index (κ1) is 51.8. The number of amides is 2. The molecule has 1 unspecified atom stereocenters. The molecule has 0 saturated carbocycles. The van der Waals surface area contributed by atoms with Crippen molar-refractivity contribution in [3.05, 3.63) is 0 Å². The predicted octanol–water partition coefficient (Wildman–Crippen LogP) is 11.5. The van der Waals surface area contributed by atoms with Gasteiger partial charge >= 0.3 is 0 Å². The average molecular weight is 750 g/mol. The first-order valence-corrected chi connectivity index (χ1v) is 23.8. The Bertz CT molecular complexity index is 715. The van der Waals surface area contributed by atoms with E-state index in [4.69, 9.17) is 11.5 Å². The molecule has 316 valence electrons. The molecule has 6 N–H and O–H groups in total. The smallest absolute Gasteiger partial charge is 0.241 e. The number of rotatable bonds is 44. The van der Waals surface area contributed by atoms with Gasteiger partial charge in [0.15, 0.2) is 0 Å². The SMILES string of the molecule is CCCCCCCCCCCCCCCCCCN(CCCCCCCCCCCCCCCCCC)C(=O)CNC(=O)C(CCCN)NCCCN. The molecule has 0 spiro atoms. The van der Waals surface area contributed by atoms with Gasteiger partial charge in [0.2, 0.25) is 11.8 Å². The van der Waals surface area contributed by atoms with E-state index in [9.17, 15) is 9.59 Å². The number of carbonyl (C=O) groups excluding carboxylic acids is 2. The minimum atomic E-state index is -0.327. The third-order valence-corrected chi connectivity index (χ3v) is 11.1. The summed E-state index contributed by atoms with van der Waals surface area (Å²) in [5.74, 6) is -0.0478. The van der Waals surface area contributed by atoms with Crippen LogP contribution in [-0.2, 0) is 9.59 Å². The summed E-state index contributed by atoms with van der Waals surface area (Å²) in [6.07, 6.45) is 45.4. The van der Waals surface area contributed by atoms with Crippen LogP contribution >= 0.6 is 0 Å². The minimum Gasteiger partial charge on any atom is -0.346 e. The molecule has 0 aliphatic rings. The van der Waals surface area contributed by atoms with Crippen molar-refractivity contribution in [2.45, 2.75) is 245 Å². The number of nitrogens with zero attached hydrogens (tertiary/aromatic N) is 1. The van der Waals surface area contributed by atoms with Crippen LogP contribution in [0.15, 0.2) is 0 Å². The Morgan fingerprint density at radius 3 is 1.09 bits per heavy atom. The summed E-state index contributed by atoms with van der Waals surface area (Å²) in [7, 11) is 0. The molecule has 0 aromatic carbocycles. The zero-order valence-corrected chi connectivity index (χ0v) is 36.0. The highest BCUT2D eigenvalue weighted by Gasteiger charge is 2.20. The third-order valence-electron chi connectivity index (χ3n) is 11.1. The van der Waals surface area contributed by atoms with Gasteiger partial charge in [0.05, 0.1) is 12.6 Å². The summed E-state index contributed by atoms with van der Waals surface area (Å²) in [4.78, 5) is 28.4. The maximum atomic E-state index is 13.4. The fourth-order valence-corrected chi connectivity index (χ4v) is 7.49. The number of nitrogens with two attached hydrogens (primary N) is 2. The highest BCUT2D eigenvalue weighted by atomic mass is 16.2. The summed E-state index contributed by atoms with van der Waals surface area (Å²) in [5, 5.41) is 6.25. The fourth-order valence-electron chi connectivity index (χ4n) is 7.49. The van der Waals surface area contributed by atoms with Crippen molar-refractivity contribution in [1.82, 2.24) is 15.5 Å². The zero-order chi connectivity index (χ0) is 38.7. The van der Waals surface area contributed by atoms with Crippen molar-refractivity contribution in [3.8, 4) is 0 Å². The summed E-state index contributed by atoms with van der Waals surface area (Å²) < 4.78 is 0. The van der Waals surface area contributed by atoms with Crippen molar-refractivity contribution in [2.24, 2.45) is 11.5 Å². The molecule has 0 saturated heterocycles. The van der Waals surface area contributed by atoms with Crippen LogP contribution < -0.4 is 22.1 Å². The van der Waals surface area contributed by atoms with Crippen LogP contribution in [0.25, 0.3) is 0 Å². The molecule has 0 aliphatic carbocycles. The fraction of sp³-hybridized carbons (Fsp3) is 0.957. The summed E-state index contributed by atoms with van der Waals surface area (Å²) >= 11 is 0. The van der Waals surface area contributed by atoms with E-state index in [1.54, 1.807) is 0 Å². The largest absolute Gasteiger partial charge is 0.346 e. The average Bonchev–Trinajstić information content (AvgIpc) is 3.16. The van der Waals surface area contributed by atoms with Gasteiger partial charge in [-0.1, -0.05) is 206 Å². The zero-order valence-electron chi connectivity index (χ0n) is 36.0. The molecular formula is C46H95N5O2. The van der Waals surface area contributed by atoms with E-state index < -0.39 is 0 Å². The molecule has 0 heterocycles. The maximum Gasteiger partial charge on any atom is 0.241 e. The number of nitrogens with one attached hydrogen (secondary N) is 2. The van der Waals surface area contributed by atoms with Crippen LogP contribution in [0.3, 0.4) is 0 Å². The lowest BCUT2D eigenvalue weighted by molar-refractivity contribution is -0.133. The van der Waals surface area contributed by atoms with Crippen LogP contribution in [0.5, 0.6) is 0 Å². The van der Waals surface area contributed by atoms with Crippen LogP contribution in [0.1, 0.15) is 239 Å². The van der Waals surface area contributed by atoms with E-state index in [1.165, 1.54) is 193 Å². The number of carbonyl (C=O) groups is 2. The minimum absolute atomic E-state index is 0.0554. The van der Waals surface area contributed by atoms with Gasteiger partial charge in [-0.3, -0.25) is 9.59 Å². The molecule has 0 radical (unpaired) electrons. The van der Waals surface area contributed by atoms with E-state index in [0.717, 1.165) is 38.8 Å². The molecule has 0 bridgehead atoms. The Kier molecular flexibility index (Phi) is 42.6. The van der Waals surface area contributed by atoms with E-state index in [0.29, 0.717) is 26.1 Å². The molecule has 1 atom stereocenters. The topological polar surface area (TPSA) is 113 Å². The lowest BCUT2D eigenvalue weighted by atomic mass is 10.0. The van der Waals surface area contributed by atoms with Gasteiger partial charge in [-0.2, -0.15) is 0 Å². The van der Waals surface area contributed by atoms with Crippen molar-refractivity contribution < 1.29 is 9.59 Å². The highest BCUT2D eigenvalue weighted by Crippen LogP contribution is 2.16. The normalized spacial score (nSPS) is 12.0. The van der Waals surface area contributed by atoms with Crippen LogP contribution in [0.4, 0.5) is 0 Å². The Morgan fingerprint density at radius 1 is 0.453 bits per heavy atom. The standard InChI is InChI=1S/C46H95N5O2/c1-3-5-7-9-11-13-15-17-19-21-23-25-27-29-31-33-41-51(45(52)43-50-46(53)44(37-35-38-47)49-40-36-39-48)42-34-32-30-28-26-24-22-20-18-16-14-12-10-8-6-4-2/h44,49H,3-43,47-48H2,1-2H3,(H,50,53). The molecule has 0 aromatic heterocycles. The van der Waals surface area contributed by atoms with E-state index >= 15 is 0 Å². The number of hydrogen-bond acceptors (Lipinski definition) is 5. The van der Waals surface area contributed by atoms with E-state index in [-0.39, 0.29) is 24.4 Å². The van der Waals surface area contributed by atoms with Crippen LogP contribution in [0.2, 0.25) is 0 Å². The van der Waals surface area contributed by atoms with Gasteiger partial charge in [0, 0.05) is 13.1 Å². The van der Waals surface area contributed by atoms with Crippen LogP contribution in [0, 0.1) is 0 Å². The van der Waals surface area contributed by atoms with Gasteiger partial charge in [0.1, 0.15) is 0 Å².